The minimum absolute atomic E-state index is 0. The first kappa shape index (κ1) is 27.2. The van der Waals surface area contributed by atoms with E-state index in [1.54, 1.807) is 6.08 Å². The number of allylic oxidation sites excluding steroid dienone is 6. The second-order valence-electron chi connectivity index (χ2n) is 11.0. The maximum absolute atomic E-state index is 5.76. The van der Waals surface area contributed by atoms with Crippen LogP contribution in [0.1, 0.15) is 104 Å². The van der Waals surface area contributed by atoms with Crippen LogP contribution < -0.4 is 0 Å². The van der Waals surface area contributed by atoms with E-state index < -0.39 is 7.05 Å². The van der Waals surface area contributed by atoms with Crippen molar-refractivity contribution in [2.75, 3.05) is 0 Å². The van der Waals surface area contributed by atoms with E-state index in [9.17, 15) is 0 Å². The minimum Gasteiger partial charge on any atom is -0.271 e. The van der Waals surface area contributed by atoms with Gasteiger partial charge in [0, 0.05) is 33.8 Å². The monoisotopic (exact) mass is 475 g/mol. The molecule has 0 radical (unpaired) electrons. The molecular formula is C28H46NPTi. The third-order valence-electron chi connectivity index (χ3n) is 7.51. The van der Waals surface area contributed by atoms with Crippen LogP contribution >= 0.6 is 7.05 Å². The van der Waals surface area contributed by atoms with Crippen LogP contribution in [0.4, 0.5) is 0 Å². The van der Waals surface area contributed by atoms with E-state index >= 15 is 0 Å². The van der Waals surface area contributed by atoms with Crippen molar-refractivity contribution in [3.8, 4) is 0 Å². The molecule has 1 nitrogen and oxygen atoms in total. The second kappa shape index (κ2) is 13.0. The van der Waals surface area contributed by atoms with Crippen LogP contribution in [-0.2, 0) is 21.7 Å². The zero-order valence-corrected chi connectivity index (χ0v) is 22.9. The van der Waals surface area contributed by atoms with Crippen molar-refractivity contribution in [2.45, 2.75) is 121 Å². The van der Waals surface area contributed by atoms with Gasteiger partial charge in [0.15, 0.2) is 0 Å². The van der Waals surface area contributed by atoms with Crippen LogP contribution in [0.25, 0.3) is 0 Å². The van der Waals surface area contributed by atoms with Crippen molar-refractivity contribution >= 4 is 7.05 Å². The van der Waals surface area contributed by atoms with Gasteiger partial charge in [0.05, 0.1) is 0 Å². The van der Waals surface area contributed by atoms with Gasteiger partial charge in [-0.25, -0.2) is 0 Å². The maximum Gasteiger partial charge on any atom is 0.0425 e. The Morgan fingerprint density at radius 2 is 1.32 bits per heavy atom. The Bertz CT molecular complexity index is 643. The molecule has 4 aliphatic rings. The average molecular weight is 476 g/mol. The first-order valence-corrected chi connectivity index (χ1v) is 14.7. The topological polar surface area (TPSA) is 12.4 Å². The molecule has 0 aromatic carbocycles. The Labute approximate surface area is 208 Å². The van der Waals surface area contributed by atoms with Gasteiger partial charge in [0.2, 0.25) is 0 Å². The fourth-order valence-corrected chi connectivity index (χ4v) is 12.6. The quantitative estimate of drug-likeness (QED) is 0.213. The van der Waals surface area contributed by atoms with Crippen LogP contribution in [0.5, 0.6) is 0 Å². The average Bonchev–Trinajstić information content (AvgIpc) is 3.52. The van der Waals surface area contributed by atoms with E-state index in [2.05, 4.69) is 51.7 Å². The van der Waals surface area contributed by atoms with E-state index in [-0.39, 0.29) is 21.7 Å². The zero-order valence-electron chi connectivity index (χ0n) is 20.5. The van der Waals surface area contributed by atoms with Gasteiger partial charge >= 0.3 is 0 Å². The fraction of sp³-hybridized carbons (Fsp3) is 0.714. The summed E-state index contributed by atoms with van der Waals surface area (Å²) in [6.45, 7) is 10.1. The normalized spacial score (nSPS) is 23.0. The molecule has 31 heavy (non-hydrogen) atoms. The first-order valence-electron chi connectivity index (χ1n) is 12.7. The third-order valence-corrected chi connectivity index (χ3v) is 13.2. The van der Waals surface area contributed by atoms with Crippen LogP contribution in [0, 0.1) is 5.41 Å². The second-order valence-corrected chi connectivity index (χ2v) is 14.9. The Morgan fingerprint density at radius 1 is 0.871 bits per heavy atom. The number of rotatable bonds is 5. The summed E-state index contributed by atoms with van der Waals surface area (Å²) in [6, 6.07) is 0. The fourth-order valence-electron chi connectivity index (χ4n) is 6.18. The summed E-state index contributed by atoms with van der Waals surface area (Å²) in [7, 11) is -1.17. The summed E-state index contributed by atoms with van der Waals surface area (Å²) in [4.78, 5) is 0. The Balaban J connectivity index is 0.000000329. The molecule has 4 rings (SSSR count). The molecule has 0 aliphatic heterocycles. The molecule has 0 aromatic heterocycles. The molecule has 0 atom stereocenters. The van der Waals surface area contributed by atoms with Gasteiger partial charge in [-0.05, 0) is 74.0 Å². The molecule has 3 fully saturated rings. The van der Waals surface area contributed by atoms with Gasteiger partial charge in [-0.2, -0.15) is 0 Å². The predicted molar refractivity (Wildman–Crippen MR) is 137 cm³/mol. The number of nitrogens with zero attached hydrogens (tertiary/aromatic N) is 1. The summed E-state index contributed by atoms with van der Waals surface area (Å²) in [5.74, 6) is 0. The molecule has 0 heterocycles. The SMILES string of the molecule is C1=CCC(N=P(C2CCCC2)(C2CCCC2)C2CCCC2)=C1.C=CC=CC(C)(C)C.[Ti]. The van der Waals surface area contributed by atoms with Gasteiger partial charge in [0.1, 0.15) is 0 Å². The molecule has 0 unspecified atom stereocenters. The van der Waals surface area contributed by atoms with Crippen molar-refractivity contribution in [1.82, 2.24) is 0 Å². The Morgan fingerprint density at radius 3 is 1.61 bits per heavy atom. The van der Waals surface area contributed by atoms with Crippen molar-refractivity contribution in [3.05, 3.63) is 48.7 Å². The predicted octanol–water partition coefficient (Wildman–Crippen LogP) is 9.63. The van der Waals surface area contributed by atoms with Crippen LogP contribution in [-0.4, -0.2) is 17.0 Å². The van der Waals surface area contributed by atoms with Crippen molar-refractivity contribution in [3.63, 3.8) is 0 Å². The summed E-state index contributed by atoms with van der Waals surface area (Å²) in [5, 5.41) is 0. The standard InChI is InChI=1S/C20H32NP.C8H14.Ti/c1-2-10-17(9-1)21-22(18-11-3-4-12-18,19-13-5-6-14-19)20-15-7-8-16-20;1-5-6-7-8(2,3)4;/h1-2,9,18-20H,3-8,10-16H2;5-7H,1H2,2-4H3;. The van der Waals surface area contributed by atoms with Crippen molar-refractivity contribution < 1.29 is 21.7 Å². The van der Waals surface area contributed by atoms with Crippen molar-refractivity contribution in [1.29, 1.82) is 0 Å². The molecule has 0 bridgehead atoms. The summed E-state index contributed by atoms with van der Waals surface area (Å²) < 4.78 is 5.76. The van der Waals surface area contributed by atoms with Crippen LogP contribution in [0.2, 0.25) is 0 Å². The zero-order chi connectivity index (χ0) is 21.5. The molecule has 0 aromatic rings. The maximum atomic E-state index is 5.76. The molecule has 0 amide bonds. The summed E-state index contributed by atoms with van der Waals surface area (Å²) >= 11 is 0. The molecule has 3 heteroatoms. The van der Waals surface area contributed by atoms with E-state index in [4.69, 9.17) is 4.74 Å². The smallest absolute Gasteiger partial charge is 0.0425 e. The molecular weight excluding hydrogens is 429 g/mol. The van der Waals surface area contributed by atoms with Gasteiger partial charge in [0.25, 0.3) is 0 Å². The molecule has 0 N–H and O–H groups in total. The van der Waals surface area contributed by atoms with Crippen LogP contribution in [0.15, 0.2) is 53.5 Å². The summed E-state index contributed by atoms with van der Waals surface area (Å²) in [5.41, 5.74) is 4.74. The molecule has 172 valence electrons. The van der Waals surface area contributed by atoms with Gasteiger partial charge < -0.3 is 0 Å². The summed E-state index contributed by atoms with van der Waals surface area (Å²) in [6.07, 6.45) is 31.8. The van der Waals surface area contributed by atoms with Crippen LogP contribution in [0.3, 0.4) is 0 Å². The van der Waals surface area contributed by atoms with Gasteiger partial charge in [-0.15, -0.1) is 0 Å². The van der Waals surface area contributed by atoms with Gasteiger partial charge in [-0.3, -0.25) is 4.74 Å². The van der Waals surface area contributed by atoms with Crippen molar-refractivity contribution in [2.24, 2.45) is 10.2 Å². The van der Waals surface area contributed by atoms with E-state index in [1.165, 1.54) is 82.7 Å². The van der Waals surface area contributed by atoms with E-state index in [0.717, 1.165) is 23.4 Å². The largest absolute Gasteiger partial charge is 0.271 e. The molecule has 0 spiro atoms. The van der Waals surface area contributed by atoms with E-state index in [0.29, 0.717) is 5.41 Å². The first-order chi connectivity index (χ1) is 14.5. The third kappa shape index (κ3) is 7.45. The Hall–Kier alpha value is -0.0957. The number of hydrogen-bond acceptors (Lipinski definition) is 1. The molecule has 0 saturated heterocycles. The molecule has 4 aliphatic carbocycles. The molecule has 3 saturated carbocycles. The number of hydrogen-bond donors (Lipinski definition) is 0. The van der Waals surface area contributed by atoms with E-state index in [1.807, 2.05) is 6.08 Å². The van der Waals surface area contributed by atoms with Gasteiger partial charge in [-0.1, -0.05) is 96.3 Å². The Kier molecular flexibility index (Phi) is 11.4. The minimum atomic E-state index is -1.17.